The average Bonchev–Trinajstić information content (AvgIpc) is 3.53. The van der Waals surface area contributed by atoms with Crippen molar-refractivity contribution in [1.29, 1.82) is 0 Å². The van der Waals surface area contributed by atoms with Gasteiger partial charge in [-0.25, -0.2) is 4.79 Å². The second kappa shape index (κ2) is 31.4. The molecule has 16 nitrogen and oxygen atoms in total. The van der Waals surface area contributed by atoms with Crippen LogP contribution in [0.1, 0.15) is 36.3 Å². The largest absolute Gasteiger partial charge is 0.481 e. The molecule has 0 aliphatic heterocycles. The Hall–Kier alpha value is -3.71. The monoisotopic (exact) mass is 792 g/mol. The second-order valence-electron chi connectivity index (χ2n) is 12.4. The van der Waals surface area contributed by atoms with Crippen molar-refractivity contribution in [2.45, 2.75) is 25.2 Å². The molecule has 0 atom stereocenters. The maximum Gasteiger partial charge on any atom is 0.407 e. The number of rotatable bonds is 36. The molecule has 16 heteroatoms. The van der Waals surface area contributed by atoms with E-state index in [2.05, 4.69) is 34.9 Å². The van der Waals surface area contributed by atoms with E-state index in [0.717, 1.165) is 0 Å². The van der Waals surface area contributed by atoms with E-state index in [0.29, 0.717) is 138 Å². The lowest BCUT2D eigenvalue weighted by atomic mass is 9.98. The van der Waals surface area contributed by atoms with Gasteiger partial charge in [-0.3, -0.25) is 9.59 Å². The molecule has 0 saturated carbocycles. The van der Waals surface area contributed by atoms with E-state index >= 15 is 0 Å². The molecular weight excluding hydrogens is 732 g/mol. The van der Waals surface area contributed by atoms with Gasteiger partial charge in [-0.1, -0.05) is 48.5 Å². The normalized spacial score (nSPS) is 12.0. The van der Waals surface area contributed by atoms with Crippen molar-refractivity contribution in [3.05, 3.63) is 59.7 Å². The average molecular weight is 793 g/mol. The number of hydrogen-bond acceptors (Lipinski definition) is 13. The Bertz CT molecular complexity index is 1300. The smallest absolute Gasteiger partial charge is 0.407 e. The van der Waals surface area contributed by atoms with Crippen molar-refractivity contribution in [3.8, 4) is 11.1 Å². The van der Waals surface area contributed by atoms with E-state index in [-0.39, 0.29) is 31.3 Å². The van der Waals surface area contributed by atoms with Crippen LogP contribution in [-0.4, -0.2) is 162 Å². The van der Waals surface area contributed by atoms with Crippen LogP contribution in [0.15, 0.2) is 48.5 Å². The predicted molar refractivity (Wildman–Crippen MR) is 205 cm³/mol. The number of ether oxygens (including phenoxy) is 10. The number of hydrogen-bond donors (Lipinski definition) is 3. The predicted octanol–water partition coefficient (Wildman–Crippen LogP) is 3.05. The maximum atomic E-state index is 12.2. The summed E-state index contributed by atoms with van der Waals surface area (Å²) >= 11 is 0. The number of carboxylic acid groups (broad SMARTS) is 1. The van der Waals surface area contributed by atoms with E-state index in [9.17, 15) is 14.4 Å². The third-order valence-electron chi connectivity index (χ3n) is 8.19. The van der Waals surface area contributed by atoms with Gasteiger partial charge in [0.1, 0.15) is 6.61 Å². The van der Waals surface area contributed by atoms with Crippen LogP contribution >= 0.6 is 0 Å². The number of carboxylic acids is 1. The quantitative estimate of drug-likeness (QED) is 0.0855. The lowest BCUT2D eigenvalue weighted by Gasteiger charge is -2.14. The molecule has 0 spiro atoms. The molecule has 3 N–H and O–H groups in total. The van der Waals surface area contributed by atoms with Crippen LogP contribution in [-0.2, 0) is 57.0 Å². The van der Waals surface area contributed by atoms with Gasteiger partial charge in [-0.2, -0.15) is 0 Å². The summed E-state index contributed by atoms with van der Waals surface area (Å²) in [7, 11) is 0. The standard InChI is InChI=1S/C40H60N2O14/c43-38(10-11-39(44)45)41-12-5-14-47-16-18-49-20-22-51-24-26-53-28-30-55-31-29-54-27-25-52-23-21-50-19-17-48-15-13-42-40(46)56-32-37-35-8-3-1-6-33(35)34-7-2-4-9-36(34)37/h1-4,6-9,37H,5,10-32H2,(H,41,43)(H,42,46)(H,44,45). The lowest BCUT2D eigenvalue weighted by Crippen LogP contribution is -2.29. The highest BCUT2D eigenvalue weighted by Crippen LogP contribution is 2.44. The Morgan fingerprint density at radius 3 is 1.30 bits per heavy atom. The number of benzene rings is 2. The second-order valence-corrected chi connectivity index (χ2v) is 12.4. The maximum absolute atomic E-state index is 12.2. The van der Waals surface area contributed by atoms with Gasteiger partial charge in [0.25, 0.3) is 0 Å². The molecule has 56 heavy (non-hydrogen) atoms. The minimum absolute atomic E-state index is 0.0149. The molecule has 0 unspecified atom stereocenters. The number of nitrogens with one attached hydrogen (secondary N) is 2. The molecule has 0 radical (unpaired) electrons. The first-order valence-corrected chi connectivity index (χ1v) is 19.3. The molecule has 1 aliphatic rings. The van der Waals surface area contributed by atoms with Crippen LogP contribution in [0, 0.1) is 0 Å². The number of amides is 2. The van der Waals surface area contributed by atoms with Gasteiger partial charge in [0.2, 0.25) is 5.91 Å². The summed E-state index contributed by atoms with van der Waals surface area (Å²) in [5.74, 6) is -1.23. The molecule has 0 bridgehead atoms. The third kappa shape index (κ3) is 21.6. The molecule has 3 rings (SSSR count). The molecule has 0 aromatic heterocycles. The van der Waals surface area contributed by atoms with Gasteiger partial charge in [0, 0.05) is 32.0 Å². The summed E-state index contributed by atoms with van der Waals surface area (Å²) in [5, 5.41) is 13.9. The SMILES string of the molecule is O=C(O)CCC(=O)NCCCOCCOCCOCCOCCOCCOCCOCCOCCOCCNC(=O)OCC1c2ccccc2-c2ccccc21. The third-order valence-corrected chi connectivity index (χ3v) is 8.19. The highest BCUT2D eigenvalue weighted by atomic mass is 16.6. The zero-order valence-corrected chi connectivity index (χ0v) is 32.4. The molecule has 0 fully saturated rings. The topological polar surface area (TPSA) is 188 Å². The fraction of sp³-hybridized carbons (Fsp3) is 0.625. The number of fused-ring (bicyclic) bond motifs is 3. The molecule has 314 valence electrons. The van der Waals surface area contributed by atoms with Gasteiger partial charge in [0.05, 0.1) is 119 Å². The number of aliphatic carboxylic acids is 1. The first-order chi connectivity index (χ1) is 27.6. The highest BCUT2D eigenvalue weighted by Gasteiger charge is 2.29. The molecule has 0 saturated heterocycles. The molecule has 0 heterocycles. The highest BCUT2D eigenvalue weighted by molar-refractivity contribution is 5.80. The summed E-state index contributed by atoms with van der Waals surface area (Å²) in [4.78, 5) is 34.0. The zero-order chi connectivity index (χ0) is 39.7. The molecule has 1 aliphatic carbocycles. The number of carbonyl (C=O) groups is 3. The van der Waals surface area contributed by atoms with Gasteiger partial charge >= 0.3 is 12.1 Å². The Morgan fingerprint density at radius 1 is 0.482 bits per heavy atom. The Balaban J connectivity index is 0.946. The minimum Gasteiger partial charge on any atom is -0.481 e. The van der Waals surface area contributed by atoms with Crippen molar-refractivity contribution >= 4 is 18.0 Å². The van der Waals surface area contributed by atoms with Crippen LogP contribution in [0.4, 0.5) is 4.79 Å². The van der Waals surface area contributed by atoms with Crippen LogP contribution < -0.4 is 10.6 Å². The van der Waals surface area contributed by atoms with Crippen LogP contribution in [0.5, 0.6) is 0 Å². The first-order valence-electron chi connectivity index (χ1n) is 19.3. The number of alkyl carbamates (subject to hydrolysis) is 1. The summed E-state index contributed by atoms with van der Waals surface area (Å²) in [5.41, 5.74) is 4.75. The molecule has 2 aromatic carbocycles. The molecule has 2 aromatic rings. The van der Waals surface area contributed by atoms with Crippen LogP contribution in [0.2, 0.25) is 0 Å². The summed E-state index contributed by atoms with van der Waals surface area (Å²) in [6.45, 7) is 9.20. The summed E-state index contributed by atoms with van der Waals surface area (Å²) in [6.07, 6.45) is 0.00236. The van der Waals surface area contributed by atoms with E-state index in [1.165, 1.54) is 22.3 Å². The Kier molecular flexibility index (Phi) is 26.2. The van der Waals surface area contributed by atoms with Gasteiger partial charge < -0.3 is 63.1 Å². The van der Waals surface area contributed by atoms with Crippen LogP contribution in [0.3, 0.4) is 0 Å². The Labute approximate surface area is 329 Å². The summed E-state index contributed by atoms with van der Waals surface area (Å²) in [6, 6.07) is 16.5. The van der Waals surface area contributed by atoms with Crippen molar-refractivity contribution < 1.29 is 66.9 Å². The van der Waals surface area contributed by atoms with E-state index in [1.54, 1.807) is 0 Å². The van der Waals surface area contributed by atoms with E-state index in [4.69, 9.17) is 52.5 Å². The van der Waals surface area contributed by atoms with Crippen molar-refractivity contribution in [3.63, 3.8) is 0 Å². The molecule has 2 amide bonds. The number of carbonyl (C=O) groups excluding carboxylic acids is 2. The lowest BCUT2D eigenvalue weighted by molar-refractivity contribution is -0.138. The fourth-order valence-corrected chi connectivity index (χ4v) is 5.45. The Morgan fingerprint density at radius 2 is 0.875 bits per heavy atom. The van der Waals surface area contributed by atoms with Gasteiger partial charge in [0.15, 0.2) is 0 Å². The first kappa shape index (κ1) is 46.7. The molecular formula is C40H60N2O14. The fourth-order valence-electron chi connectivity index (χ4n) is 5.45. The minimum atomic E-state index is -0.986. The van der Waals surface area contributed by atoms with Crippen molar-refractivity contribution in [2.24, 2.45) is 0 Å². The van der Waals surface area contributed by atoms with E-state index in [1.807, 2.05) is 24.3 Å². The zero-order valence-electron chi connectivity index (χ0n) is 32.4. The van der Waals surface area contributed by atoms with Crippen molar-refractivity contribution in [1.82, 2.24) is 10.6 Å². The van der Waals surface area contributed by atoms with E-state index < -0.39 is 12.1 Å². The summed E-state index contributed by atoms with van der Waals surface area (Å²) < 4.78 is 54.8. The van der Waals surface area contributed by atoms with Gasteiger partial charge in [-0.05, 0) is 28.7 Å². The van der Waals surface area contributed by atoms with Crippen molar-refractivity contribution in [2.75, 3.05) is 139 Å². The van der Waals surface area contributed by atoms with Gasteiger partial charge in [-0.15, -0.1) is 0 Å². The van der Waals surface area contributed by atoms with Crippen LogP contribution in [0.25, 0.3) is 11.1 Å².